The smallest absolute Gasteiger partial charge is 0.0485 e. The predicted octanol–water partition coefficient (Wildman–Crippen LogP) is 3.16. The van der Waals surface area contributed by atoms with Crippen molar-refractivity contribution >= 4 is 5.69 Å². The molecule has 1 aromatic carbocycles. The van der Waals surface area contributed by atoms with Gasteiger partial charge in [-0.05, 0) is 55.7 Å². The number of hydrogen-bond acceptors (Lipinski definition) is 2. The second kappa shape index (κ2) is 5.09. The lowest BCUT2D eigenvalue weighted by Gasteiger charge is -2.27. The number of hydrogen-bond donors (Lipinski definition) is 1. The Morgan fingerprint density at radius 2 is 1.88 bits per heavy atom. The van der Waals surface area contributed by atoms with Crippen molar-refractivity contribution < 1.29 is 4.74 Å². The number of nitrogens with one attached hydrogen (secondary N) is 1. The maximum atomic E-state index is 5.41. The van der Waals surface area contributed by atoms with Crippen molar-refractivity contribution in [2.75, 3.05) is 18.5 Å². The van der Waals surface area contributed by atoms with Gasteiger partial charge in [-0.15, -0.1) is 0 Å². The molecule has 0 bridgehead atoms. The van der Waals surface area contributed by atoms with E-state index in [-0.39, 0.29) is 0 Å². The van der Waals surface area contributed by atoms with E-state index in [1.54, 1.807) is 11.1 Å². The van der Waals surface area contributed by atoms with Crippen LogP contribution in [-0.2, 0) is 17.6 Å². The second-order valence-electron chi connectivity index (χ2n) is 5.18. The van der Waals surface area contributed by atoms with Gasteiger partial charge in [0.05, 0.1) is 0 Å². The summed E-state index contributed by atoms with van der Waals surface area (Å²) in [6, 6.07) is 7.35. The van der Waals surface area contributed by atoms with Crippen LogP contribution in [0.4, 0.5) is 5.69 Å². The first-order chi connectivity index (χ1) is 8.43. The van der Waals surface area contributed by atoms with Crippen LogP contribution in [0.25, 0.3) is 0 Å². The largest absolute Gasteiger partial charge is 0.382 e. The van der Waals surface area contributed by atoms with Gasteiger partial charge in [-0.3, -0.25) is 0 Å². The molecule has 0 aromatic heterocycles. The maximum Gasteiger partial charge on any atom is 0.0485 e. The molecule has 2 aliphatic rings. The van der Waals surface area contributed by atoms with Crippen LogP contribution in [0.3, 0.4) is 0 Å². The molecule has 3 rings (SSSR count). The van der Waals surface area contributed by atoms with E-state index >= 15 is 0 Å². The monoisotopic (exact) mass is 231 g/mol. The van der Waals surface area contributed by atoms with Crippen LogP contribution in [-0.4, -0.2) is 19.3 Å². The van der Waals surface area contributed by atoms with Crippen LogP contribution in [0.15, 0.2) is 18.2 Å². The van der Waals surface area contributed by atoms with Gasteiger partial charge in [0, 0.05) is 24.9 Å². The predicted molar refractivity (Wildman–Crippen MR) is 70.5 cm³/mol. The van der Waals surface area contributed by atoms with Gasteiger partial charge in [-0.25, -0.2) is 0 Å². The summed E-state index contributed by atoms with van der Waals surface area (Å²) in [7, 11) is 0. The van der Waals surface area contributed by atoms with Crippen molar-refractivity contribution in [1.29, 1.82) is 0 Å². The van der Waals surface area contributed by atoms with Crippen molar-refractivity contribution in [3.8, 4) is 0 Å². The fourth-order valence-corrected chi connectivity index (χ4v) is 2.98. The summed E-state index contributed by atoms with van der Waals surface area (Å²) in [6.45, 7) is 1.82. The van der Waals surface area contributed by atoms with Gasteiger partial charge in [-0.2, -0.15) is 0 Å². The van der Waals surface area contributed by atoms with E-state index in [4.69, 9.17) is 4.74 Å². The van der Waals surface area contributed by atoms with Gasteiger partial charge in [0.15, 0.2) is 0 Å². The Kier molecular flexibility index (Phi) is 3.32. The highest BCUT2D eigenvalue weighted by Gasteiger charge is 2.17. The van der Waals surface area contributed by atoms with Gasteiger partial charge in [0.1, 0.15) is 0 Å². The molecule has 0 radical (unpaired) electrons. The van der Waals surface area contributed by atoms with E-state index < -0.39 is 0 Å². The summed E-state index contributed by atoms with van der Waals surface area (Å²) in [5.74, 6) is 0. The lowest BCUT2D eigenvalue weighted by atomic mass is 9.90. The number of fused-ring (bicyclic) bond motifs is 1. The first-order valence-electron chi connectivity index (χ1n) is 6.88. The number of aryl methyl sites for hydroxylation is 1. The minimum atomic E-state index is 0.608. The average Bonchev–Trinajstić information content (AvgIpc) is 2.40. The topological polar surface area (TPSA) is 21.3 Å². The standard InChI is InChI=1S/C15H21NO/c1-2-6-14-12(4-1)5-3-7-15(14)16-13-8-10-17-11-9-13/h3,5,7,13,16H,1-2,4,6,8-11H2. The molecular formula is C15H21NO. The summed E-state index contributed by atoms with van der Waals surface area (Å²) >= 11 is 0. The van der Waals surface area contributed by atoms with E-state index in [2.05, 4.69) is 23.5 Å². The summed E-state index contributed by atoms with van der Waals surface area (Å²) < 4.78 is 5.41. The van der Waals surface area contributed by atoms with Gasteiger partial charge in [0.25, 0.3) is 0 Å². The molecule has 1 N–H and O–H groups in total. The van der Waals surface area contributed by atoms with Gasteiger partial charge in [0.2, 0.25) is 0 Å². The van der Waals surface area contributed by atoms with Crippen molar-refractivity contribution in [3.05, 3.63) is 29.3 Å². The summed E-state index contributed by atoms with van der Waals surface area (Å²) in [4.78, 5) is 0. The van der Waals surface area contributed by atoms with Crippen LogP contribution in [0, 0.1) is 0 Å². The zero-order valence-electron chi connectivity index (χ0n) is 10.4. The van der Waals surface area contributed by atoms with Crippen molar-refractivity contribution in [1.82, 2.24) is 0 Å². The molecule has 17 heavy (non-hydrogen) atoms. The van der Waals surface area contributed by atoms with Gasteiger partial charge >= 0.3 is 0 Å². The molecular weight excluding hydrogens is 210 g/mol. The maximum absolute atomic E-state index is 5.41. The van der Waals surface area contributed by atoms with Crippen molar-refractivity contribution in [2.24, 2.45) is 0 Å². The molecule has 0 spiro atoms. The third-order valence-electron chi connectivity index (χ3n) is 3.98. The zero-order valence-corrected chi connectivity index (χ0v) is 10.4. The minimum Gasteiger partial charge on any atom is -0.382 e. The normalized spacial score (nSPS) is 20.9. The molecule has 2 heteroatoms. The Balaban J connectivity index is 1.77. The third-order valence-corrected chi connectivity index (χ3v) is 3.98. The van der Waals surface area contributed by atoms with Gasteiger partial charge < -0.3 is 10.1 Å². The Morgan fingerprint density at radius 3 is 2.76 bits per heavy atom. The van der Waals surface area contributed by atoms with E-state index in [0.29, 0.717) is 6.04 Å². The molecule has 0 saturated carbocycles. The number of benzene rings is 1. The quantitative estimate of drug-likeness (QED) is 0.844. The Morgan fingerprint density at radius 1 is 1.06 bits per heavy atom. The first-order valence-corrected chi connectivity index (χ1v) is 6.88. The van der Waals surface area contributed by atoms with E-state index in [1.165, 1.54) is 31.4 Å². The molecule has 1 fully saturated rings. The molecule has 92 valence electrons. The van der Waals surface area contributed by atoms with E-state index in [1.807, 2.05) is 0 Å². The molecule has 1 aliphatic heterocycles. The summed E-state index contributed by atoms with van der Waals surface area (Å²) in [5.41, 5.74) is 4.52. The molecule has 1 saturated heterocycles. The highest BCUT2D eigenvalue weighted by Crippen LogP contribution is 2.29. The number of rotatable bonds is 2. The van der Waals surface area contributed by atoms with Crippen LogP contribution in [0.1, 0.15) is 36.8 Å². The average molecular weight is 231 g/mol. The van der Waals surface area contributed by atoms with E-state index in [0.717, 1.165) is 26.1 Å². The Labute approximate surface area is 103 Å². The van der Waals surface area contributed by atoms with Crippen molar-refractivity contribution in [2.45, 2.75) is 44.6 Å². The highest BCUT2D eigenvalue weighted by molar-refractivity contribution is 5.56. The second-order valence-corrected chi connectivity index (χ2v) is 5.18. The lowest BCUT2D eigenvalue weighted by molar-refractivity contribution is 0.0904. The highest BCUT2D eigenvalue weighted by atomic mass is 16.5. The SMILES string of the molecule is c1cc2c(c(NC3CCOCC3)c1)CCCC2. The minimum absolute atomic E-state index is 0.608. The molecule has 1 aliphatic carbocycles. The van der Waals surface area contributed by atoms with Crippen LogP contribution in [0.2, 0.25) is 0 Å². The number of anilines is 1. The molecule has 1 heterocycles. The Hall–Kier alpha value is -1.02. The Bertz CT molecular complexity index is 383. The first kappa shape index (κ1) is 11.1. The zero-order chi connectivity index (χ0) is 11.5. The van der Waals surface area contributed by atoms with Crippen LogP contribution in [0.5, 0.6) is 0 Å². The molecule has 2 nitrogen and oxygen atoms in total. The molecule has 0 atom stereocenters. The molecule has 0 unspecified atom stereocenters. The third kappa shape index (κ3) is 2.47. The van der Waals surface area contributed by atoms with E-state index in [9.17, 15) is 0 Å². The molecule has 0 amide bonds. The fourth-order valence-electron chi connectivity index (χ4n) is 2.98. The van der Waals surface area contributed by atoms with Crippen molar-refractivity contribution in [3.63, 3.8) is 0 Å². The fraction of sp³-hybridized carbons (Fsp3) is 0.600. The van der Waals surface area contributed by atoms with Gasteiger partial charge in [-0.1, -0.05) is 12.1 Å². The molecule has 1 aromatic rings. The summed E-state index contributed by atoms with van der Waals surface area (Å²) in [6.07, 6.45) is 7.50. The lowest BCUT2D eigenvalue weighted by Crippen LogP contribution is -2.28. The van der Waals surface area contributed by atoms with Crippen LogP contribution >= 0.6 is 0 Å². The number of ether oxygens (including phenoxy) is 1. The summed E-state index contributed by atoms with van der Waals surface area (Å²) in [5, 5.41) is 3.73. The van der Waals surface area contributed by atoms with Crippen LogP contribution < -0.4 is 5.32 Å².